The SMILES string of the molecule is Brc1ccc(C2=CSC(=C3SC=C(c4ccc(Br)cc4)S3)S2)cc1. The summed E-state index contributed by atoms with van der Waals surface area (Å²) in [5.74, 6) is 0. The van der Waals surface area contributed by atoms with Crippen LogP contribution in [0.3, 0.4) is 0 Å². The fourth-order valence-electron chi connectivity index (χ4n) is 2.17. The van der Waals surface area contributed by atoms with E-state index in [1.54, 1.807) is 0 Å². The number of hydrogen-bond donors (Lipinski definition) is 0. The molecule has 0 aliphatic carbocycles. The molecule has 6 heteroatoms. The van der Waals surface area contributed by atoms with Crippen molar-refractivity contribution in [2.45, 2.75) is 0 Å². The van der Waals surface area contributed by atoms with Crippen LogP contribution in [-0.2, 0) is 0 Å². The van der Waals surface area contributed by atoms with Crippen LogP contribution in [0.5, 0.6) is 0 Å². The summed E-state index contributed by atoms with van der Waals surface area (Å²) in [6.45, 7) is 0. The number of thioether (sulfide) groups is 4. The maximum Gasteiger partial charge on any atom is 0.0700 e. The minimum absolute atomic E-state index is 1.12. The van der Waals surface area contributed by atoms with Crippen LogP contribution in [0.1, 0.15) is 11.1 Å². The molecular formula is C18H10Br2S4. The van der Waals surface area contributed by atoms with E-state index < -0.39 is 0 Å². The van der Waals surface area contributed by atoms with Crippen molar-refractivity contribution in [2.24, 2.45) is 0 Å². The summed E-state index contributed by atoms with van der Waals surface area (Å²) in [5.41, 5.74) is 2.56. The monoisotopic (exact) mass is 512 g/mol. The Labute approximate surface area is 175 Å². The van der Waals surface area contributed by atoms with Crippen molar-refractivity contribution in [2.75, 3.05) is 0 Å². The maximum absolute atomic E-state index is 3.50. The predicted molar refractivity (Wildman–Crippen MR) is 122 cm³/mol. The molecule has 0 saturated carbocycles. The van der Waals surface area contributed by atoms with Crippen molar-refractivity contribution in [3.63, 3.8) is 0 Å². The summed E-state index contributed by atoms with van der Waals surface area (Å²) < 4.78 is 5.00. The van der Waals surface area contributed by atoms with Gasteiger partial charge in [0.05, 0.1) is 8.47 Å². The number of benzene rings is 2. The summed E-state index contributed by atoms with van der Waals surface area (Å²) in [5, 5.41) is 4.52. The second-order valence-corrected chi connectivity index (χ2v) is 11.2. The maximum atomic E-state index is 3.50. The van der Waals surface area contributed by atoms with E-state index >= 15 is 0 Å². The Hall–Kier alpha value is 0.0200. The van der Waals surface area contributed by atoms with Crippen molar-refractivity contribution in [1.29, 1.82) is 0 Å². The van der Waals surface area contributed by atoms with Gasteiger partial charge in [0.1, 0.15) is 0 Å². The van der Waals surface area contributed by atoms with Gasteiger partial charge in [0.2, 0.25) is 0 Å². The smallest absolute Gasteiger partial charge is 0.0700 e. The Morgan fingerprint density at radius 1 is 0.542 bits per heavy atom. The summed E-state index contributed by atoms with van der Waals surface area (Å²) in [6, 6.07) is 17.0. The molecule has 2 aromatic rings. The van der Waals surface area contributed by atoms with Gasteiger partial charge < -0.3 is 0 Å². The zero-order valence-electron chi connectivity index (χ0n) is 12.2. The normalized spacial score (nSPS) is 20.2. The van der Waals surface area contributed by atoms with Crippen molar-refractivity contribution < 1.29 is 0 Å². The number of hydrogen-bond acceptors (Lipinski definition) is 4. The molecule has 2 aliphatic heterocycles. The molecule has 0 spiro atoms. The highest BCUT2D eigenvalue weighted by molar-refractivity contribution is 9.10. The molecule has 0 saturated heterocycles. The third-order valence-corrected chi connectivity index (χ3v) is 9.79. The average molecular weight is 514 g/mol. The Bertz CT molecular complexity index is 791. The lowest BCUT2D eigenvalue weighted by atomic mass is 10.2. The molecule has 0 radical (unpaired) electrons. The van der Waals surface area contributed by atoms with Crippen LogP contribution in [0.15, 0.2) is 76.8 Å². The second kappa shape index (κ2) is 7.72. The number of rotatable bonds is 2. The first-order valence-corrected chi connectivity index (χ1v) is 12.0. The van der Waals surface area contributed by atoms with Crippen LogP contribution in [0.25, 0.3) is 9.81 Å². The van der Waals surface area contributed by atoms with E-state index in [1.165, 1.54) is 29.4 Å². The van der Waals surface area contributed by atoms with E-state index in [-0.39, 0.29) is 0 Å². The quantitative estimate of drug-likeness (QED) is 0.394. The van der Waals surface area contributed by atoms with E-state index in [0.717, 1.165) is 8.95 Å². The molecule has 0 nitrogen and oxygen atoms in total. The van der Waals surface area contributed by atoms with Gasteiger partial charge in [-0.05, 0) is 46.2 Å². The van der Waals surface area contributed by atoms with Crippen molar-refractivity contribution in [1.82, 2.24) is 0 Å². The Morgan fingerprint density at radius 3 is 1.29 bits per heavy atom. The van der Waals surface area contributed by atoms with Crippen LogP contribution in [0.2, 0.25) is 0 Å². The van der Waals surface area contributed by atoms with E-state index in [9.17, 15) is 0 Å². The standard InChI is InChI=1S/C18H10Br2S4/c19-13-5-1-11(2-6-13)15-9-21-17(23-15)18-22-10-16(24-18)12-3-7-14(20)8-4-12/h1-10H. The first-order chi connectivity index (χ1) is 11.7. The van der Waals surface area contributed by atoms with E-state index in [2.05, 4.69) is 91.2 Å². The molecule has 0 amide bonds. The van der Waals surface area contributed by atoms with Gasteiger partial charge in [0, 0.05) is 18.8 Å². The van der Waals surface area contributed by atoms with Crippen molar-refractivity contribution in [3.05, 3.63) is 87.9 Å². The van der Waals surface area contributed by atoms with Crippen molar-refractivity contribution >= 4 is 88.7 Å². The minimum Gasteiger partial charge on any atom is -0.0878 e. The lowest BCUT2D eigenvalue weighted by molar-refractivity contribution is 1.61. The highest BCUT2D eigenvalue weighted by Crippen LogP contribution is 2.58. The lowest BCUT2D eigenvalue weighted by Crippen LogP contribution is -1.77. The summed E-state index contributed by atoms with van der Waals surface area (Å²) in [6.07, 6.45) is 0. The molecule has 0 unspecified atom stereocenters. The summed E-state index contributed by atoms with van der Waals surface area (Å²) in [7, 11) is 0. The molecule has 4 rings (SSSR count). The Balaban J connectivity index is 1.48. The molecule has 0 fully saturated rings. The highest BCUT2D eigenvalue weighted by Gasteiger charge is 2.23. The van der Waals surface area contributed by atoms with Gasteiger partial charge in [-0.15, -0.1) is 0 Å². The van der Waals surface area contributed by atoms with E-state index in [1.807, 2.05) is 47.0 Å². The van der Waals surface area contributed by atoms with E-state index in [0.29, 0.717) is 0 Å². The fourth-order valence-corrected chi connectivity index (χ4v) is 7.63. The summed E-state index contributed by atoms with van der Waals surface area (Å²) >= 11 is 14.4. The van der Waals surface area contributed by atoms with Gasteiger partial charge in [-0.1, -0.05) is 103 Å². The molecular weight excluding hydrogens is 504 g/mol. The Morgan fingerprint density at radius 2 is 0.917 bits per heavy atom. The molecule has 24 heavy (non-hydrogen) atoms. The van der Waals surface area contributed by atoms with Crippen LogP contribution in [0.4, 0.5) is 0 Å². The van der Waals surface area contributed by atoms with Gasteiger partial charge >= 0.3 is 0 Å². The summed E-state index contributed by atoms with van der Waals surface area (Å²) in [4.78, 5) is 2.65. The molecule has 0 atom stereocenters. The second-order valence-electron chi connectivity index (χ2n) is 4.99. The molecule has 0 N–H and O–H groups in total. The first-order valence-electron chi connectivity index (χ1n) is 7.04. The topological polar surface area (TPSA) is 0 Å². The van der Waals surface area contributed by atoms with Crippen LogP contribution in [0, 0.1) is 0 Å². The average Bonchev–Trinajstić information content (AvgIpc) is 3.25. The van der Waals surface area contributed by atoms with Crippen LogP contribution < -0.4 is 0 Å². The minimum atomic E-state index is 1.12. The Kier molecular flexibility index (Phi) is 5.61. The van der Waals surface area contributed by atoms with Crippen LogP contribution >= 0.6 is 78.9 Å². The van der Waals surface area contributed by atoms with Gasteiger partial charge in [-0.2, -0.15) is 0 Å². The van der Waals surface area contributed by atoms with Gasteiger partial charge in [-0.3, -0.25) is 0 Å². The third kappa shape index (κ3) is 3.89. The van der Waals surface area contributed by atoms with Gasteiger partial charge in [-0.25, -0.2) is 0 Å². The van der Waals surface area contributed by atoms with Gasteiger partial charge in [0.15, 0.2) is 0 Å². The highest BCUT2D eigenvalue weighted by atomic mass is 79.9. The largest absolute Gasteiger partial charge is 0.0878 e. The van der Waals surface area contributed by atoms with Crippen LogP contribution in [-0.4, -0.2) is 0 Å². The zero-order valence-corrected chi connectivity index (χ0v) is 18.6. The fraction of sp³-hybridized carbons (Fsp3) is 0. The van der Waals surface area contributed by atoms with Crippen molar-refractivity contribution in [3.8, 4) is 0 Å². The molecule has 2 aliphatic rings. The number of halogens is 2. The molecule has 120 valence electrons. The lowest BCUT2D eigenvalue weighted by Gasteiger charge is -2.05. The van der Waals surface area contributed by atoms with Gasteiger partial charge in [0.25, 0.3) is 0 Å². The molecule has 2 heterocycles. The van der Waals surface area contributed by atoms with E-state index in [4.69, 9.17) is 0 Å². The molecule has 2 aromatic carbocycles. The third-order valence-electron chi connectivity index (χ3n) is 3.38. The zero-order chi connectivity index (χ0) is 16.5. The predicted octanol–water partition coefficient (Wildman–Crippen LogP) is 8.60. The molecule has 0 bridgehead atoms. The first kappa shape index (κ1) is 17.4. The molecule has 0 aromatic heterocycles.